The first-order valence-electron chi connectivity index (χ1n) is 11.4. The first kappa shape index (κ1) is 21.9. The maximum absolute atomic E-state index is 13.2. The van der Waals surface area contributed by atoms with Crippen molar-refractivity contribution in [1.82, 2.24) is 9.80 Å². The molecule has 2 atom stereocenters. The first-order chi connectivity index (χ1) is 13.1. The van der Waals surface area contributed by atoms with Crippen LogP contribution in [0.1, 0.15) is 70.6 Å². The standard InChI is InChI=1S/C22H37N3O2.ClH/c23-21-17-7-3-8-18(21)15-19(14-17)22(27)25-10-4-9-24(11-12-25)20(26)13-16-5-1-2-6-16;/h16-19,21H,1-15,23H2;1H. The van der Waals surface area contributed by atoms with Gasteiger partial charge in [-0.15, -0.1) is 12.4 Å². The number of carbonyl (C=O) groups is 2. The van der Waals surface area contributed by atoms with Crippen LogP contribution in [0.15, 0.2) is 0 Å². The molecule has 160 valence electrons. The lowest BCUT2D eigenvalue weighted by molar-refractivity contribution is -0.139. The lowest BCUT2D eigenvalue weighted by Crippen LogP contribution is -2.50. The molecule has 28 heavy (non-hydrogen) atoms. The number of amides is 2. The van der Waals surface area contributed by atoms with Crippen molar-refractivity contribution in [2.75, 3.05) is 26.2 Å². The molecule has 3 saturated carbocycles. The van der Waals surface area contributed by atoms with Crippen molar-refractivity contribution >= 4 is 24.2 Å². The molecule has 1 heterocycles. The number of carbonyl (C=O) groups excluding carboxylic acids is 2. The van der Waals surface area contributed by atoms with Gasteiger partial charge in [-0.05, 0) is 62.7 Å². The normalized spacial score (nSPS) is 33.9. The Hall–Kier alpha value is -0.810. The van der Waals surface area contributed by atoms with E-state index < -0.39 is 0 Å². The minimum atomic E-state index is 0. The molecule has 5 nitrogen and oxygen atoms in total. The smallest absolute Gasteiger partial charge is 0.225 e. The van der Waals surface area contributed by atoms with Gasteiger partial charge in [0.1, 0.15) is 0 Å². The molecule has 0 aromatic heterocycles. The van der Waals surface area contributed by atoms with Gasteiger partial charge in [0.05, 0.1) is 0 Å². The molecule has 2 amide bonds. The Morgan fingerprint density at radius 2 is 1.39 bits per heavy atom. The fourth-order valence-electron chi connectivity index (χ4n) is 6.23. The Kier molecular flexibility index (Phi) is 7.66. The average molecular weight is 412 g/mol. The molecule has 1 saturated heterocycles. The average Bonchev–Trinajstić information content (AvgIpc) is 3.02. The summed E-state index contributed by atoms with van der Waals surface area (Å²) in [6, 6.07) is 0.315. The van der Waals surface area contributed by atoms with Gasteiger partial charge < -0.3 is 15.5 Å². The van der Waals surface area contributed by atoms with Crippen LogP contribution in [0, 0.1) is 23.7 Å². The van der Waals surface area contributed by atoms with Crippen LogP contribution in [0.4, 0.5) is 0 Å². The first-order valence-corrected chi connectivity index (χ1v) is 11.4. The maximum Gasteiger partial charge on any atom is 0.225 e. The summed E-state index contributed by atoms with van der Waals surface area (Å²) in [6.45, 7) is 3.06. The number of hydrogen-bond donors (Lipinski definition) is 1. The number of hydrogen-bond acceptors (Lipinski definition) is 3. The van der Waals surface area contributed by atoms with Crippen molar-refractivity contribution in [3.63, 3.8) is 0 Å². The predicted octanol–water partition coefficient (Wildman–Crippen LogP) is 3.20. The fourth-order valence-corrected chi connectivity index (χ4v) is 6.23. The highest BCUT2D eigenvalue weighted by Crippen LogP contribution is 2.42. The van der Waals surface area contributed by atoms with Crippen molar-refractivity contribution in [3.8, 4) is 0 Å². The molecule has 4 fully saturated rings. The van der Waals surface area contributed by atoms with Crippen LogP contribution in [-0.4, -0.2) is 53.8 Å². The third-order valence-corrected chi connectivity index (χ3v) is 7.86. The molecule has 2 N–H and O–H groups in total. The van der Waals surface area contributed by atoms with E-state index in [1.165, 1.54) is 44.9 Å². The zero-order valence-corrected chi connectivity index (χ0v) is 18.0. The SMILES string of the molecule is Cl.NC1C2CCCC1CC(C(=O)N1CCCN(C(=O)CC3CCCC3)CC1)C2. The second kappa shape index (κ2) is 9.80. The van der Waals surface area contributed by atoms with E-state index in [2.05, 4.69) is 4.90 Å². The van der Waals surface area contributed by atoms with Crippen LogP contribution in [0.5, 0.6) is 0 Å². The van der Waals surface area contributed by atoms with Crippen molar-refractivity contribution in [1.29, 1.82) is 0 Å². The number of rotatable bonds is 3. The van der Waals surface area contributed by atoms with E-state index in [9.17, 15) is 9.59 Å². The number of nitrogens with zero attached hydrogens (tertiary/aromatic N) is 2. The zero-order valence-electron chi connectivity index (χ0n) is 17.2. The Labute approximate surface area is 176 Å². The second-order valence-electron chi connectivity index (χ2n) is 9.61. The molecule has 3 aliphatic carbocycles. The third kappa shape index (κ3) is 4.84. The fraction of sp³-hybridized carbons (Fsp3) is 0.909. The zero-order chi connectivity index (χ0) is 18.8. The molecule has 4 aliphatic rings. The molecule has 0 aromatic carbocycles. The summed E-state index contributed by atoms with van der Waals surface area (Å²) < 4.78 is 0. The van der Waals surface area contributed by atoms with Crippen LogP contribution in [0.2, 0.25) is 0 Å². The van der Waals surface area contributed by atoms with Gasteiger partial charge in [-0.3, -0.25) is 9.59 Å². The summed E-state index contributed by atoms with van der Waals surface area (Å²) in [5.74, 6) is 2.51. The van der Waals surface area contributed by atoms with E-state index >= 15 is 0 Å². The summed E-state index contributed by atoms with van der Waals surface area (Å²) >= 11 is 0. The molecule has 4 rings (SSSR count). The third-order valence-electron chi connectivity index (χ3n) is 7.86. The summed E-state index contributed by atoms with van der Waals surface area (Å²) in [6.07, 6.45) is 12.3. The molecule has 2 bridgehead atoms. The van der Waals surface area contributed by atoms with E-state index in [0.29, 0.717) is 42.2 Å². The highest BCUT2D eigenvalue weighted by molar-refractivity contribution is 5.85. The summed E-state index contributed by atoms with van der Waals surface area (Å²) in [5.41, 5.74) is 6.40. The number of halogens is 1. The summed E-state index contributed by atoms with van der Waals surface area (Å²) in [5, 5.41) is 0. The second-order valence-corrected chi connectivity index (χ2v) is 9.61. The lowest BCUT2D eigenvalue weighted by atomic mass is 9.65. The highest BCUT2D eigenvalue weighted by atomic mass is 35.5. The molecule has 0 aromatic rings. The molecule has 6 heteroatoms. The minimum Gasteiger partial charge on any atom is -0.341 e. The van der Waals surface area contributed by atoms with E-state index in [4.69, 9.17) is 5.73 Å². The van der Waals surface area contributed by atoms with Crippen LogP contribution >= 0.6 is 12.4 Å². The monoisotopic (exact) mass is 411 g/mol. The number of fused-ring (bicyclic) bond motifs is 2. The van der Waals surface area contributed by atoms with Gasteiger partial charge in [0, 0.05) is 44.6 Å². The van der Waals surface area contributed by atoms with E-state index in [1.54, 1.807) is 0 Å². The minimum absolute atomic E-state index is 0. The van der Waals surface area contributed by atoms with Gasteiger partial charge in [-0.25, -0.2) is 0 Å². The summed E-state index contributed by atoms with van der Waals surface area (Å²) in [4.78, 5) is 29.9. The highest BCUT2D eigenvalue weighted by Gasteiger charge is 2.41. The maximum atomic E-state index is 13.2. The Bertz CT molecular complexity index is 538. The van der Waals surface area contributed by atoms with Crippen molar-refractivity contribution in [3.05, 3.63) is 0 Å². The van der Waals surface area contributed by atoms with Crippen LogP contribution in [-0.2, 0) is 9.59 Å². The van der Waals surface area contributed by atoms with Crippen molar-refractivity contribution < 1.29 is 9.59 Å². The van der Waals surface area contributed by atoms with Gasteiger partial charge in [0.2, 0.25) is 11.8 Å². The van der Waals surface area contributed by atoms with Crippen molar-refractivity contribution in [2.45, 2.75) is 76.7 Å². The largest absolute Gasteiger partial charge is 0.341 e. The van der Waals surface area contributed by atoms with Gasteiger partial charge in [0.25, 0.3) is 0 Å². The van der Waals surface area contributed by atoms with Gasteiger partial charge >= 0.3 is 0 Å². The molecular formula is C22H38ClN3O2. The Balaban J connectivity index is 0.00000225. The Morgan fingerprint density at radius 3 is 2.07 bits per heavy atom. The van der Waals surface area contributed by atoms with Gasteiger partial charge in [-0.2, -0.15) is 0 Å². The molecule has 2 unspecified atom stereocenters. The van der Waals surface area contributed by atoms with Crippen LogP contribution in [0.3, 0.4) is 0 Å². The number of nitrogens with two attached hydrogens (primary N) is 1. The Morgan fingerprint density at radius 1 is 0.786 bits per heavy atom. The topological polar surface area (TPSA) is 66.6 Å². The van der Waals surface area contributed by atoms with Crippen LogP contribution in [0.25, 0.3) is 0 Å². The lowest BCUT2D eigenvalue weighted by Gasteiger charge is -2.44. The van der Waals surface area contributed by atoms with E-state index in [1.807, 2.05) is 4.90 Å². The van der Waals surface area contributed by atoms with Gasteiger partial charge in [0.15, 0.2) is 0 Å². The molecule has 0 spiro atoms. The van der Waals surface area contributed by atoms with Crippen molar-refractivity contribution in [2.24, 2.45) is 29.4 Å². The molecule has 1 aliphatic heterocycles. The predicted molar refractivity (Wildman–Crippen MR) is 113 cm³/mol. The summed E-state index contributed by atoms with van der Waals surface area (Å²) in [7, 11) is 0. The van der Waals surface area contributed by atoms with E-state index in [-0.39, 0.29) is 18.3 Å². The van der Waals surface area contributed by atoms with E-state index in [0.717, 1.165) is 45.3 Å². The molecular weight excluding hydrogens is 374 g/mol. The molecule has 0 radical (unpaired) electrons. The quantitative estimate of drug-likeness (QED) is 0.775. The van der Waals surface area contributed by atoms with Crippen LogP contribution < -0.4 is 5.73 Å². The van der Waals surface area contributed by atoms with Gasteiger partial charge in [-0.1, -0.05) is 19.3 Å².